The third kappa shape index (κ3) is 5.48. The van der Waals surface area contributed by atoms with Crippen molar-refractivity contribution in [2.24, 2.45) is 0 Å². The first-order valence-corrected chi connectivity index (χ1v) is 11.4. The van der Waals surface area contributed by atoms with E-state index in [0.717, 1.165) is 17.7 Å². The van der Waals surface area contributed by atoms with E-state index in [1.807, 2.05) is 30.3 Å². The SMILES string of the molecule is COc1cnc(CS(=O)c2nc3ccc(OC(F)(F)F)cc3[nH]2)c(C)c1OCc1ccccc1. The molecule has 0 saturated carbocycles. The predicted octanol–water partition coefficient (Wildman–Crippen LogP) is 5.06. The van der Waals surface area contributed by atoms with Gasteiger partial charge in [0.15, 0.2) is 16.7 Å². The second-order valence-electron chi connectivity index (χ2n) is 7.26. The molecule has 0 aliphatic heterocycles. The number of rotatable bonds is 8. The van der Waals surface area contributed by atoms with Crippen molar-refractivity contribution in [1.29, 1.82) is 0 Å². The molecule has 0 bridgehead atoms. The van der Waals surface area contributed by atoms with Crippen molar-refractivity contribution in [3.05, 3.63) is 71.5 Å². The molecule has 11 heteroatoms. The first-order valence-electron chi connectivity index (χ1n) is 10.1. The number of nitrogens with zero attached hydrogens (tertiary/aromatic N) is 2. The second kappa shape index (κ2) is 9.72. The summed E-state index contributed by atoms with van der Waals surface area (Å²) in [6.45, 7) is 2.11. The van der Waals surface area contributed by atoms with E-state index >= 15 is 0 Å². The number of H-pyrrole nitrogens is 1. The average Bonchev–Trinajstić information content (AvgIpc) is 3.22. The molecular weight excluding hydrogens is 471 g/mol. The van der Waals surface area contributed by atoms with Crippen LogP contribution in [0.3, 0.4) is 0 Å². The van der Waals surface area contributed by atoms with Crippen LogP contribution < -0.4 is 14.2 Å². The van der Waals surface area contributed by atoms with Crippen LogP contribution >= 0.6 is 0 Å². The lowest BCUT2D eigenvalue weighted by Gasteiger charge is -2.15. The van der Waals surface area contributed by atoms with Gasteiger partial charge in [0.1, 0.15) is 12.4 Å². The average molecular weight is 491 g/mol. The van der Waals surface area contributed by atoms with Gasteiger partial charge >= 0.3 is 6.36 Å². The number of imidazole rings is 1. The van der Waals surface area contributed by atoms with Gasteiger partial charge in [0.2, 0.25) is 0 Å². The highest BCUT2D eigenvalue weighted by Crippen LogP contribution is 2.33. The van der Waals surface area contributed by atoms with Gasteiger partial charge in [0.05, 0.1) is 46.6 Å². The van der Waals surface area contributed by atoms with Crippen LogP contribution in [-0.4, -0.2) is 32.6 Å². The van der Waals surface area contributed by atoms with Crippen molar-refractivity contribution in [2.75, 3.05) is 7.11 Å². The van der Waals surface area contributed by atoms with E-state index in [0.29, 0.717) is 34.9 Å². The van der Waals surface area contributed by atoms with Crippen LogP contribution in [0.1, 0.15) is 16.8 Å². The molecule has 2 aromatic heterocycles. The fourth-order valence-electron chi connectivity index (χ4n) is 3.27. The summed E-state index contributed by atoms with van der Waals surface area (Å²) in [5, 5.41) is 0.114. The molecule has 1 atom stereocenters. The summed E-state index contributed by atoms with van der Waals surface area (Å²) < 4.78 is 65.7. The number of ether oxygens (including phenoxy) is 3. The van der Waals surface area contributed by atoms with Gasteiger partial charge in [-0.25, -0.2) is 4.98 Å². The Balaban J connectivity index is 1.54. The van der Waals surface area contributed by atoms with Crippen molar-refractivity contribution in [1.82, 2.24) is 15.0 Å². The molecule has 2 aromatic carbocycles. The van der Waals surface area contributed by atoms with Gasteiger partial charge in [0, 0.05) is 11.6 Å². The van der Waals surface area contributed by atoms with Crippen molar-refractivity contribution >= 4 is 21.8 Å². The lowest BCUT2D eigenvalue weighted by molar-refractivity contribution is -0.274. The Morgan fingerprint density at radius 1 is 1.12 bits per heavy atom. The van der Waals surface area contributed by atoms with Crippen molar-refractivity contribution in [2.45, 2.75) is 30.8 Å². The molecule has 4 aromatic rings. The van der Waals surface area contributed by atoms with E-state index in [4.69, 9.17) is 9.47 Å². The van der Waals surface area contributed by atoms with Crippen LogP contribution in [0.5, 0.6) is 17.2 Å². The minimum Gasteiger partial charge on any atom is -0.491 e. The van der Waals surface area contributed by atoms with Crippen molar-refractivity contribution in [3.8, 4) is 17.2 Å². The van der Waals surface area contributed by atoms with Crippen molar-refractivity contribution < 1.29 is 31.6 Å². The fourth-order valence-corrected chi connectivity index (χ4v) is 4.37. The standard InChI is InChI=1S/C23H20F3N3O4S/c1-14-19(27-11-20(31-2)21(14)32-12-15-6-4-3-5-7-15)13-34(30)22-28-17-9-8-16(10-18(17)29-22)33-23(24,25)26/h3-11H,12-13H2,1-2H3,(H,28,29). The number of aromatic amines is 1. The van der Waals surface area contributed by atoms with Crippen LogP contribution in [0.2, 0.25) is 0 Å². The van der Waals surface area contributed by atoms with Gasteiger partial charge in [-0.3, -0.25) is 9.19 Å². The molecule has 4 rings (SSSR count). The molecule has 1 N–H and O–H groups in total. The Labute approximate surface area is 195 Å². The highest BCUT2D eigenvalue weighted by molar-refractivity contribution is 7.84. The topological polar surface area (TPSA) is 86.3 Å². The number of alkyl halides is 3. The van der Waals surface area contributed by atoms with Crippen LogP contribution in [0.4, 0.5) is 13.2 Å². The Hall–Kier alpha value is -3.60. The Bertz CT molecular complexity index is 1330. The van der Waals surface area contributed by atoms with Crippen LogP contribution in [0.15, 0.2) is 59.9 Å². The number of aromatic nitrogens is 3. The number of benzene rings is 2. The summed E-state index contributed by atoms with van der Waals surface area (Å²) in [5.74, 6) is 0.563. The number of hydrogen-bond acceptors (Lipinski definition) is 6. The van der Waals surface area contributed by atoms with Crippen LogP contribution in [0, 0.1) is 6.92 Å². The third-order valence-corrected chi connectivity index (χ3v) is 6.09. The Morgan fingerprint density at radius 2 is 1.88 bits per heavy atom. The first-order chi connectivity index (χ1) is 16.2. The number of hydrogen-bond donors (Lipinski definition) is 1. The van der Waals surface area contributed by atoms with Crippen LogP contribution in [-0.2, 0) is 23.2 Å². The molecule has 0 saturated heterocycles. The third-order valence-electron chi connectivity index (χ3n) is 4.93. The molecule has 0 spiro atoms. The summed E-state index contributed by atoms with van der Waals surface area (Å²) in [6, 6.07) is 13.3. The molecule has 0 fully saturated rings. The molecule has 0 amide bonds. The van der Waals surface area contributed by atoms with E-state index in [1.165, 1.54) is 19.4 Å². The highest BCUT2D eigenvalue weighted by Gasteiger charge is 2.31. The molecule has 178 valence electrons. The quantitative estimate of drug-likeness (QED) is 0.371. The fraction of sp³-hybridized carbons (Fsp3) is 0.217. The summed E-state index contributed by atoms with van der Waals surface area (Å²) in [5.41, 5.74) is 2.80. The molecule has 2 heterocycles. The zero-order valence-corrected chi connectivity index (χ0v) is 19.0. The molecule has 0 aliphatic carbocycles. The summed E-state index contributed by atoms with van der Waals surface area (Å²) in [6.07, 6.45) is -3.31. The zero-order valence-electron chi connectivity index (χ0n) is 18.2. The summed E-state index contributed by atoms with van der Waals surface area (Å²) in [7, 11) is -0.140. The lowest BCUT2D eigenvalue weighted by atomic mass is 10.2. The minimum absolute atomic E-state index is 0.0171. The first kappa shape index (κ1) is 23.6. The minimum atomic E-state index is -4.81. The largest absolute Gasteiger partial charge is 0.573 e. The van der Waals surface area contributed by atoms with E-state index in [1.54, 1.807) is 6.92 Å². The van der Waals surface area contributed by atoms with Gasteiger partial charge in [-0.15, -0.1) is 13.2 Å². The number of pyridine rings is 1. The van der Waals surface area contributed by atoms with Gasteiger partial charge in [-0.1, -0.05) is 30.3 Å². The Kier molecular flexibility index (Phi) is 6.73. The van der Waals surface area contributed by atoms with Gasteiger partial charge in [-0.05, 0) is 24.6 Å². The second-order valence-corrected chi connectivity index (χ2v) is 8.63. The summed E-state index contributed by atoms with van der Waals surface area (Å²) in [4.78, 5) is 11.4. The van der Waals surface area contributed by atoms with E-state index in [2.05, 4.69) is 19.7 Å². The van der Waals surface area contributed by atoms with E-state index < -0.39 is 22.9 Å². The maximum absolute atomic E-state index is 13.0. The number of methoxy groups -OCH3 is 1. The lowest BCUT2D eigenvalue weighted by Crippen LogP contribution is -2.16. The zero-order chi connectivity index (χ0) is 24.3. The monoisotopic (exact) mass is 491 g/mol. The van der Waals surface area contributed by atoms with E-state index in [9.17, 15) is 17.4 Å². The summed E-state index contributed by atoms with van der Waals surface area (Å²) >= 11 is 0. The molecule has 1 unspecified atom stereocenters. The molecular formula is C23H20F3N3O4S. The molecule has 7 nitrogen and oxygen atoms in total. The maximum atomic E-state index is 13.0. The normalized spacial score (nSPS) is 12.5. The van der Waals surface area contributed by atoms with Gasteiger partial charge in [0.25, 0.3) is 0 Å². The predicted molar refractivity (Wildman–Crippen MR) is 119 cm³/mol. The Morgan fingerprint density at radius 3 is 2.59 bits per heavy atom. The van der Waals surface area contributed by atoms with Crippen LogP contribution in [0.25, 0.3) is 11.0 Å². The smallest absolute Gasteiger partial charge is 0.491 e. The van der Waals surface area contributed by atoms with Gasteiger partial charge < -0.3 is 19.2 Å². The van der Waals surface area contributed by atoms with Crippen molar-refractivity contribution in [3.63, 3.8) is 0 Å². The highest BCUT2D eigenvalue weighted by atomic mass is 32.2. The number of fused-ring (bicyclic) bond motifs is 1. The van der Waals surface area contributed by atoms with E-state index in [-0.39, 0.29) is 16.4 Å². The molecule has 0 radical (unpaired) electrons. The molecule has 34 heavy (non-hydrogen) atoms. The molecule has 0 aliphatic rings. The number of nitrogens with one attached hydrogen (secondary N) is 1. The number of halogens is 3. The van der Waals surface area contributed by atoms with Gasteiger partial charge in [-0.2, -0.15) is 0 Å². The maximum Gasteiger partial charge on any atom is 0.573 e.